The molecule has 0 saturated carbocycles. The summed E-state index contributed by atoms with van der Waals surface area (Å²) in [7, 11) is 0. The van der Waals surface area contributed by atoms with Crippen molar-refractivity contribution in [2.24, 2.45) is 0 Å². The molecule has 2 aromatic carbocycles. The zero-order valence-corrected chi connectivity index (χ0v) is 15.8. The van der Waals surface area contributed by atoms with Gasteiger partial charge in [-0.1, -0.05) is 54.6 Å². The molecule has 1 N–H and O–H groups in total. The molecule has 0 fully saturated rings. The molecule has 0 amide bonds. The smallest absolute Gasteiger partial charge is 0.327 e. The number of thiophene rings is 1. The van der Waals surface area contributed by atoms with Crippen molar-refractivity contribution in [1.82, 2.24) is 0 Å². The number of carboxylic acids is 1. The molecule has 26 heavy (non-hydrogen) atoms. The summed E-state index contributed by atoms with van der Waals surface area (Å²) in [6.45, 7) is 4.31. The fraction of sp³-hybridized carbons (Fsp3) is 0.174. The lowest BCUT2D eigenvalue weighted by Crippen LogP contribution is -1.88. The van der Waals surface area contributed by atoms with Crippen molar-refractivity contribution in [2.45, 2.75) is 26.7 Å². The Morgan fingerprint density at radius 3 is 2.08 bits per heavy atom. The van der Waals surface area contributed by atoms with Crippen LogP contribution in [0, 0.1) is 13.8 Å². The van der Waals surface area contributed by atoms with Gasteiger partial charge in [-0.15, -0.1) is 11.3 Å². The normalized spacial score (nSPS) is 11.2. The van der Waals surface area contributed by atoms with E-state index in [-0.39, 0.29) is 0 Å². The highest BCUT2D eigenvalue weighted by Gasteiger charge is 2.06. The fourth-order valence-corrected chi connectivity index (χ4v) is 4.07. The maximum atomic E-state index is 10.5. The van der Waals surface area contributed by atoms with E-state index in [1.165, 1.54) is 43.6 Å². The molecule has 3 heteroatoms. The summed E-state index contributed by atoms with van der Waals surface area (Å²) >= 11 is 1.84. The van der Waals surface area contributed by atoms with E-state index < -0.39 is 5.97 Å². The summed E-state index contributed by atoms with van der Waals surface area (Å²) in [5, 5.41) is 8.60. The molecular weight excluding hydrogens is 340 g/mol. The highest BCUT2D eigenvalue weighted by atomic mass is 32.1. The van der Waals surface area contributed by atoms with Gasteiger partial charge in [-0.3, -0.25) is 0 Å². The molecule has 0 aliphatic carbocycles. The first kappa shape index (κ1) is 18.2. The molecule has 2 nitrogen and oxygen atoms in total. The van der Waals surface area contributed by atoms with Crippen molar-refractivity contribution in [3.05, 3.63) is 82.8 Å². The molecule has 3 rings (SSSR count). The number of aryl methyl sites for hydroxylation is 3. The van der Waals surface area contributed by atoms with E-state index >= 15 is 0 Å². The maximum Gasteiger partial charge on any atom is 0.327 e. The van der Waals surface area contributed by atoms with Crippen LogP contribution in [0.2, 0.25) is 0 Å². The zero-order valence-electron chi connectivity index (χ0n) is 15.0. The third-order valence-corrected chi connectivity index (χ3v) is 5.54. The number of carbonyl (C=O) groups is 1. The van der Waals surface area contributed by atoms with Crippen LogP contribution < -0.4 is 0 Å². The number of rotatable bonds is 6. The first-order valence-electron chi connectivity index (χ1n) is 8.69. The van der Waals surface area contributed by atoms with Crippen LogP contribution in [0.4, 0.5) is 0 Å². The number of carboxylic acid groups (broad SMARTS) is 1. The van der Waals surface area contributed by atoms with Crippen LogP contribution in [0.1, 0.15) is 22.4 Å². The Morgan fingerprint density at radius 2 is 1.54 bits per heavy atom. The number of hydrogen-bond acceptors (Lipinski definition) is 2. The Labute approximate surface area is 158 Å². The summed E-state index contributed by atoms with van der Waals surface area (Å²) in [6, 6.07) is 19.5. The van der Waals surface area contributed by atoms with Crippen molar-refractivity contribution in [3.63, 3.8) is 0 Å². The Hall–Kier alpha value is -2.65. The van der Waals surface area contributed by atoms with E-state index in [4.69, 9.17) is 5.11 Å². The van der Waals surface area contributed by atoms with E-state index in [2.05, 4.69) is 68.4 Å². The van der Waals surface area contributed by atoms with Crippen LogP contribution in [-0.4, -0.2) is 11.1 Å². The Bertz CT molecular complexity index is 916. The van der Waals surface area contributed by atoms with Crippen molar-refractivity contribution in [3.8, 4) is 21.6 Å². The van der Waals surface area contributed by atoms with Crippen LogP contribution in [0.3, 0.4) is 0 Å². The molecule has 1 aromatic heterocycles. The second-order valence-corrected chi connectivity index (χ2v) is 7.68. The lowest BCUT2D eigenvalue weighted by atomic mass is 10.0. The standard InChI is InChI=1S/C23H22O2S/c1-16-15-17(2)26-23(16)21-13-11-20(12-14-21)19-9-7-18(8-10-19)5-3-4-6-22(24)25/h4,6-15H,3,5H2,1-2H3,(H,24,25)/b6-4+. The van der Waals surface area contributed by atoms with E-state index in [9.17, 15) is 4.79 Å². The molecule has 0 aliphatic heterocycles. The third-order valence-electron chi connectivity index (χ3n) is 4.34. The van der Waals surface area contributed by atoms with Gasteiger partial charge in [-0.2, -0.15) is 0 Å². The molecule has 0 radical (unpaired) electrons. The van der Waals surface area contributed by atoms with Gasteiger partial charge in [0.15, 0.2) is 0 Å². The van der Waals surface area contributed by atoms with Crippen LogP contribution in [-0.2, 0) is 11.2 Å². The van der Waals surface area contributed by atoms with Crippen molar-refractivity contribution < 1.29 is 9.90 Å². The molecule has 0 saturated heterocycles. The molecule has 0 bridgehead atoms. The highest BCUT2D eigenvalue weighted by molar-refractivity contribution is 7.15. The van der Waals surface area contributed by atoms with Gasteiger partial charge in [0.25, 0.3) is 0 Å². The van der Waals surface area contributed by atoms with Gasteiger partial charge in [-0.05, 0) is 60.6 Å². The second kappa shape index (κ2) is 8.15. The van der Waals surface area contributed by atoms with Crippen molar-refractivity contribution in [2.75, 3.05) is 0 Å². The first-order chi connectivity index (χ1) is 12.5. The molecular formula is C23H22O2S. The minimum atomic E-state index is -0.892. The molecule has 3 aromatic rings. The van der Waals surface area contributed by atoms with Gasteiger partial charge < -0.3 is 5.11 Å². The van der Waals surface area contributed by atoms with Gasteiger partial charge in [0, 0.05) is 15.8 Å². The predicted molar refractivity (Wildman–Crippen MR) is 110 cm³/mol. The number of aliphatic carboxylic acids is 1. The van der Waals surface area contributed by atoms with E-state index in [0.717, 1.165) is 12.8 Å². The van der Waals surface area contributed by atoms with Crippen LogP contribution in [0.25, 0.3) is 21.6 Å². The predicted octanol–water partition coefficient (Wildman–Crippen LogP) is 6.27. The largest absolute Gasteiger partial charge is 0.478 e. The summed E-state index contributed by atoms with van der Waals surface area (Å²) in [5.41, 5.74) is 6.22. The minimum absolute atomic E-state index is 0.736. The van der Waals surface area contributed by atoms with Gasteiger partial charge in [-0.25, -0.2) is 4.79 Å². The van der Waals surface area contributed by atoms with Gasteiger partial charge in [0.1, 0.15) is 0 Å². The Balaban J connectivity index is 1.69. The van der Waals surface area contributed by atoms with Gasteiger partial charge in [0.2, 0.25) is 0 Å². The highest BCUT2D eigenvalue weighted by Crippen LogP contribution is 2.33. The SMILES string of the molecule is Cc1cc(C)c(-c2ccc(-c3ccc(CC/C=C/C(=O)O)cc3)cc2)s1. The lowest BCUT2D eigenvalue weighted by molar-refractivity contribution is -0.131. The molecule has 0 atom stereocenters. The summed E-state index contributed by atoms with van der Waals surface area (Å²) in [4.78, 5) is 13.1. The monoisotopic (exact) mass is 362 g/mol. The number of benzene rings is 2. The quantitative estimate of drug-likeness (QED) is 0.525. The average Bonchev–Trinajstić information content (AvgIpc) is 2.97. The Morgan fingerprint density at radius 1 is 0.962 bits per heavy atom. The van der Waals surface area contributed by atoms with Crippen LogP contribution in [0.5, 0.6) is 0 Å². The Kier molecular flexibility index (Phi) is 5.69. The summed E-state index contributed by atoms with van der Waals surface area (Å²) < 4.78 is 0. The van der Waals surface area contributed by atoms with E-state index in [1.54, 1.807) is 6.08 Å². The lowest BCUT2D eigenvalue weighted by Gasteiger charge is -2.06. The molecule has 0 aliphatic rings. The summed E-state index contributed by atoms with van der Waals surface area (Å²) in [6.07, 6.45) is 4.48. The number of allylic oxidation sites excluding steroid dienone is 1. The van der Waals surface area contributed by atoms with Gasteiger partial charge in [0.05, 0.1) is 0 Å². The topological polar surface area (TPSA) is 37.3 Å². The minimum Gasteiger partial charge on any atom is -0.478 e. The number of hydrogen-bond donors (Lipinski definition) is 1. The van der Waals surface area contributed by atoms with Crippen LogP contribution in [0.15, 0.2) is 66.7 Å². The molecule has 132 valence electrons. The first-order valence-corrected chi connectivity index (χ1v) is 9.51. The summed E-state index contributed by atoms with van der Waals surface area (Å²) in [5.74, 6) is -0.892. The third kappa shape index (κ3) is 4.50. The van der Waals surface area contributed by atoms with Gasteiger partial charge >= 0.3 is 5.97 Å². The van der Waals surface area contributed by atoms with Crippen molar-refractivity contribution in [1.29, 1.82) is 0 Å². The molecule has 0 unspecified atom stereocenters. The second-order valence-electron chi connectivity index (χ2n) is 6.42. The molecule has 1 heterocycles. The van der Waals surface area contributed by atoms with E-state index in [0.29, 0.717) is 0 Å². The average molecular weight is 362 g/mol. The maximum absolute atomic E-state index is 10.5. The van der Waals surface area contributed by atoms with E-state index in [1.807, 2.05) is 11.3 Å². The zero-order chi connectivity index (χ0) is 18.5. The van der Waals surface area contributed by atoms with Crippen LogP contribution >= 0.6 is 11.3 Å². The fourth-order valence-electron chi connectivity index (χ4n) is 3.04. The van der Waals surface area contributed by atoms with Crippen molar-refractivity contribution >= 4 is 17.3 Å². The molecule has 0 spiro atoms.